The molecule has 1 aliphatic rings. The molecule has 2 nitrogen and oxygen atoms in total. The van der Waals surface area contributed by atoms with Gasteiger partial charge in [0.15, 0.2) is 0 Å². The van der Waals surface area contributed by atoms with Crippen molar-refractivity contribution in [3.8, 4) is 5.75 Å². The Labute approximate surface area is 87.1 Å². The van der Waals surface area contributed by atoms with Gasteiger partial charge in [-0.3, -0.25) is 4.99 Å². The third-order valence-electron chi connectivity index (χ3n) is 1.93. The van der Waals surface area contributed by atoms with Crippen LogP contribution in [-0.4, -0.2) is 18.2 Å². The molecule has 0 saturated carbocycles. The summed E-state index contributed by atoms with van der Waals surface area (Å²) in [6.07, 6.45) is -2.70. The molecule has 0 bridgehead atoms. The van der Waals surface area contributed by atoms with Crippen molar-refractivity contribution in [2.24, 2.45) is 4.99 Å². The Morgan fingerprint density at radius 1 is 1.33 bits per heavy atom. The molecule has 1 aliphatic heterocycles. The van der Waals surface area contributed by atoms with Crippen LogP contribution in [0.5, 0.6) is 5.75 Å². The van der Waals surface area contributed by atoms with Crippen LogP contribution in [0.15, 0.2) is 28.1 Å². The Kier molecular flexibility index (Phi) is 2.38. The van der Waals surface area contributed by atoms with Gasteiger partial charge in [0, 0.05) is 10.4 Å². The molecule has 1 atom stereocenters. The van der Waals surface area contributed by atoms with Gasteiger partial charge < -0.3 is 4.74 Å². The lowest BCUT2D eigenvalue weighted by Crippen LogP contribution is -2.17. The van der Waals surface area contributed by atoms with Crippen molar-refractivity contribution in [3.05, 3.63) is 18.2 Å². The number of hydrogen-bond acceptors (Lipinski definition) is 2. The highest BCUT2D eigenvalue weighted by Crippen LogP contribution is 2.45. The zero-order valence-electron chi connectivity index (χ0n) is 7.75. The predicted octanol–water partition coefficient (Wildman–Crippen LogP) is 3.25. The number of benzene rings is 1. The zero-order chi connectivity index (χ0) is 11.1. The summed E-state index contributed by atoms with van der Waals surface area (Å²) in [6.45, 7) is 0. The Hall–Kier alpha value is -1.17. The third kappa shape index (κ3) is 2.26. The van der Waals surface area contributed by atoms with Gasteiger partial charge >= 0.3 is 6.36 Å². The minimum atomic E-state index is -4.63. The lowest BCUT2D eigenvalue weighted by molar-refractivity contribution is -0.274. The van der Waals surface area contributed by atoms with Crippen molar-refractivity contribution in [2.45, 2.75) is 11.3 Å². The van der Waals surface area contributed by atoms with E-state index in [-0.39, 0.29) is 5.75 Å². The molecule has 1 aromatic carbocycles. The number of fused-ring (bicyclic) bond motifs is 1. The van der Waals surface area contributed by atoms with Gasteiger partial charge in [0.25, 0.3) is 0 Å². The second-order valence-corrected chi connectivity index (χ2v) is 4.99. The molecule has 2 rings (SSSR count). The summed E-state index contributed by atoms with van der Waals surface area (Å²) in [5, 5.41) is 0. The molecular weight excluding hydrogens is 227 g/mol. The molecule has 0 aromatic heterocycles. The fourth-order valence-electron chi connectivity index (χ4n) is 1.30. The van der Waals surface area contributed by atoms with Gasteiger partial charge in [0.2, 0.25) is 0 Å². The molecule has 0 aliphatic carbocycles. The Balaban J connectivity index is 2.28. The van der Waals surface area contributed by atoms with Crippen molar-refractivity contribution >= 4 is 22.1 Å². The summed E-state index contributed by atoms with van der Waals surface area (Å²) in [5.41, 5.74) is 2.50. The summed E-state index contributed by atoms with van der Waals surface area (Å²) >= 11 is 0. The Bertz CT molecular complexity index is 416. The molecule has 6 heteroatoms. The molecule has 0 amide bonds. The van der Waals surface area contributed by atoms with Crippen LogP contribution < -0.4 is 4.74 Å². The normalized spacial score (nSPS) is 21.5. The maximum absolute atomic E-state index is 11.9. The Morgan fingerprint density at radius 3 is 2.73 bits per heavy atom. The second-order valence-electron chi connectivity index (χ2n) is 3.05. The molecular formula is C9H8F3NOS. The average molecular weight is 235 g/mol. The van der Waals surface area contributed by atoms with Crippen molar-refractivity contribution in [1.29, 1.82) is 0 Å². The average Bonchev–Trinajstić information content (AvgIpc) is 2.45. The second kappa shape index (κ2) is 3.44. The molecule has 82 valence electrons. The lowest BCUT2D eigenvalue weighted by atomic mass is 10.3. The SMILES string of the molecule is C[SH]1C=Nc2ccc(OC(F)(F)F)cc21. The topological polar surface area (TPSA) is 21.6 Å². The maximum atomic E-state index is 11.9. The number of hydrogen-bond donors (Lipinski definition) is 1. The van der Waals surface area contributed by atoms with E-state index in [0.717, 1.165) is 10.6 Å². The van der Waals surface area contributed by atoms with E-state index in [1.165, 1.54) is 12.1 Å². The summed E-state index contributed by atoms with van der Waals surface area (Å²) in [6, 6.07) is 4.22. The summed E-state index contributed by atoms with van der Waals surface area (Å²) < 4.78 is 39.7. The van der Waals surface area contributed by atoms with Crippen LogP contribution in [0, 0.1) is 0 Å². The van der Waals surface area contributed by atoms with Gasteiger partial charge in [-0.1, -0.05) is 0 Å². The molecule has 1 heterocycles. The molecule has 1 aromatic rings. The molecule has 15 heavy (non-hydrogen) atoms. The van der Waals surface area contributed by atoms with E-state index >= 15 is 0 Å². The number of nitrogens with zero attached hydrogens (tertiary/aromatic N) is 1. The maximum Gasteiger partial charge on any atom is 0.573 e. The summed E-state index contributed by atoms with van der Waals surface area (Å²) in [7, 11) is -0.578. The van der Waals surface area contributed by atoms with Crippen molar-refractivity contribution in [1.82, 2.24) is 0 Å². The molecule has 0 spiro atoms. The molecule has 0 N–H and O–H groups in total. The number of thiol groups is 1. The van der Waals surface area contributed by atoms with Crippen LogP contribution in [0.1, 0.15) is 0 Å². The van der Waals surface area contributed by atoms with Crippen LogP contribution in [0.3, 0.4) is 0 Å². The first-order valence-electron chi connectivity index (χ1n) is 4.12. The van der Waals surface area contributed by atoms with Gasteiger partial charge in [-0.05, 0) is 24.5 Å². The molecule has 0 radical (unpaired) electrons. The first-order valence-corrected chi connectivity index (χ1v) is 5.98. The zero-order valence-corrected chi connectivity index (χ0v) is 8.64. The number of ether oxygens (including phenoxy) is 1. The van der Waals surface area contributed by atoms with E-state index in [2.05, 4.69) is 9.73 Å². The molecule has 0 saturated heterocycles. The van der Waals surface area contributed by atoms with E-state index in [9.17, 15) is 13.2 Å². The van der Waals surface area contributed by atoms with Crippen LogP contribution in [0.25, 0.3) is 0 Å². The van der Waals surface area contributed by atoms with Gasteiger partial charge in [0.05, 0.1) is 5.69 Å². The predicted molar refractivity (Wildman–Crippen MR) is 54.5 cm³/mol. The van der Waals surface area contributed by atoms with E-state index in [1.807, 2.05) is 6.26 Å². The van der Waals surface area contributed by atoms with E-state index in [0.29, 0.717) is 0 Å². The van der Waals surface area contributed by atoms with E-state index in [4.69, 9.17) is 0 Å². The standard InChI is InChI=1S/C9H8F3NOS/c1-15-5-13-7-3-2-6(4-8(7)15)14-9(10,11)12/h2-5,15H,1H3. The summed E-state index contributed by atoms with van der Waals surface area (Å²) in [5.74, 6) is -0.180. The third-order valence-corrected chi connectivity index (χ3v) is 3.51. The van der Waals surface area contributed by atoms with Gasteiger partial charge in [-0.2, -0.15) is 10.9 Å². The number of alkyl halides is 3. The first kappa shape index (κ1) is 10.4. The first-order chi connectivity index (χ1) is 6.96. The lowest BCUT2D eigenvalue weighted by Gasteiger charge is -2.11. The van der Waals surface area contributed by atoms with Crippen LogP contribution >= 0.6 is 10.9 Å². The smallest absolute Gasteiger partial charge is 0.406 e. The van der Waals surface area contributed by atoms with Crippen LogP contribution in [0.4, 0.5) is 18.9 Å². The molecule has 1 unspecified atom stereocenters. The largest absolute Gasteiger partial charge is 0.573 e. The number of rotatable bonds is 1. The highest BCUT2D eigenvalue weighted by molar-refractivity contribution is 8.28. The van der Waals surface area contributed by atoms with Gasteiger partial charge in [-0.25, -0.2) is 0 Å². The Morgan fingerprint density at radius 2 is 2.07 bits per heavy atom. The monoisotopic (exact) mass is 235 g/mol. The van der Waals surface area contributed by atoms with Crippen molar-refractivity contribution in [2.75, 3.05) is 6.26 Å². The molecule has 0 fully saturated rings. The minimum absolute atomic E-state index is 0.180. The van der Waals surface area contributed by atoms with Crippen LogP contribution in [0.2, 0.25) is 0 Å². The fraction of sp³-hybridized carbons (Fsp3) is 0.222. The van der Waals surface area contributed by atoms with Gasteiger partial charge in [0.1, 0.15) is 5.75 Å². The van der Waals surface area contributed by atoms with Crippen molar-refractivity contribution in [3.63, 3.8) is 0 Å². The summed E-state index contributed by atoms with van der Waals surface area (Å²) in [4.78, 5) is 4.91. The fourth-order valence-corrected chi connectivity index (χ4v) is 2.55. The quantitative estimate of drug-likeness (QED) is 0.741. The van der Waals surface area contributed by atoms with Gasteiger partial charge in [-0.15, -0.1) is 13.2 Å². The van der Waals surface area contributed by atoms with E-state index < -0.39 is 17.3 Å². The number of aliphatic imine (C=N–C) groups is 1. The van der Waals surface area contributed by atoms with Crippen molar-refractivity contribution < 1.29 is 17.9 Å². The minimum Gasteiger partial charge on any atom is -0.406 e. The van der Waals surface area contributed by atoms with Crippen LogP contribution in [-0.2, 0) is 0 Å². The number of halogens is 3. The highest BCUT2D eigenvalue weighted by atomic mass is 32.2. The highest BCUT2D eigenvalue weighted by Gasteiger charge is 2.31. The van der Waals surface area contributed by atoms with E-state index in [1.54, 1.807) is 11.6 Å².